The Morgan fingerprint density at radius 3 is 2.75 bits per heavy atom. The lowest BCUT2D eigenvalue weighted by molar-refractivity contribution is 0.181. The van der Waals surface area contributed by atoms with Gasteiger partial charge in [-0.2, -0.15) is 0 Å². The maximum atomic E-state index is 5.77. The second-order valence-corrected chi connectivity index (χ2v) is 5.96. The van der Waals surface area contributed by atoms with Gasteiger partial charge in [0.25, 0.3) is 0 Å². The van der Waals surface area contributed by atoms with Gasteiger partial charge in [-0.05, 0) is 55.9 Å². The summed E-state index contributed by atoms with van der Waals surface area (Å²) in [5, 5.41) is 1.39. The molecular formula is C17H25N3. The molecule has 0 saturated carbocycles. The number of nitrogens with one attached hydrogen (secondary N) is 1. The molecule has 1 aliphatic heterocycles. The standard InChI is InChI=1S/C17H25N3/c1-2-14-4-3-5-16-15(11-19-17(14)16)12-20-8-6-13(10-18)7-9-20/h3-5,11,13,19H,2,6-10,12,18H2,1H3. The summed E-state index contributed by atoms with van der Waals surface area (Å²) < 4.78 is 0. The molecule has 1 fully saturated rings. The molecule has 20 heavy (non-hydrogen) atoms. The lowest BCUT2D eigenvalue weighted by atomic mass is 9.96. The summed E-state index contributed by atoms with van der Waals surface area (Å²) in [6, 6.07) is 6.64. The number of fused-ring (bicyclic) bond motifs is 1. The molecule has 1 aromatic carbocycles. The minimum atomic E-state index is 0.737. The molecule has 0 aliphatic carbocycles. The predicted molar refractivity (Wildman–Crippen MR) is 84.7 cm³/mol. The number of likely N-dealkylation sites (tertiary alicyclic amines) is 1. The fourth-order valence-corrected chi connectivity index (χ4v) is 3.32. The van der Waals surface area contributed by atoms with E-state index in [0.717, 1.165) is 25.4 Å². The van der Waals surface area contributed by atoms with Crippen LogP contribution >= 0.6 is 0 Å². The van der Waals surface area contributed by atoms with E-state index in [1.165, 1.54) is 48.0 Å². The summed E-state index contributed by atoms with van der Waals surface area (Å²) in [6.07, 6.45) is 5.77. The number of hydrogen-bond donors (Lipinski definition) is 2. The van der Waals surface area contributed by atoms with E-state index in [2.05, 4.69) is 41.2 Å². The van der Waals surface area contributed by atoms with Crippen LogP contribution in [0.3, 0.4) is 0 Å². The van der Waals surface area contributed by atoms with Crippen LogP contribution in [0.2, 0.25) is 0 Å². The first-order chi connectivity index (χ1) is 9.81. The van der Waals surface area contributed by atoms with Crippen LogP contribution in [0.25, 0.3) is 10.9 Å². The van der Waals surface area contributed by atoms with Gasteiger partial charge in [-0.15, -0.1) is 0 Å². The molecule has 3 nitrogen and oxygen atoms in total. The van der Waals surface area contributed by atoms with Crippen LogP contribution in [0.4, 0.5) is 0 Å². The van der Waals surface area contributed by atoms with Crippen LogP contribution in [-0.4, -0.2) is 29.5 Å². The zero-order valence-electron chi connectivity index (χ0n) is 12.4. The Hall–Kier alpha value is -1.32. The number of benzene rings is 1. The van der Waals surface area contributed by atoms with E-state index in [4.69, 9.17) is 5.73 Å². The van der Waals surface area contributed by atoms with Gasteiger partial charge in [0.1, 0.15) is 0 Å². The first kappa shape index (κ1) is 13.7. The van der Waals surface area contributed by atoms with Gasteiger partial charge in [-0.25, -0.2) is 0 Å². The maximum Gasteiger partial charge on any atom is 0.0489 e. The van der Waals surface area contributed by atoms with Crippen molar-refractivity contribution in [3.63, 3.8) is 0 Å². The van der Waals surface area contributed by atoms with Gasteiger partial charge >= 0.3 is 0 Å². The third-order valence-electron chi connectivity index (χ3n) is 4.70. The highest BCUT2D eigenvalue weighted by Crippen LogP contribution is 2.25. The van der Waals surface area contributed by atoms with Crippen molar-refractivity contribution >= 4 is 10.9 Å². The highest BCUT2D eigenvalue weighted by molar-refractivity contribution is 5.86. The number of aromatic amines is 1. The van der Waals surface area contributed by atoms with E-state index in [9.17, 15) is 0 Å². The topological polar surface area (TPSA) is 45.0 Å². The molecule has 0 unspecified atom stereocenters. The zero-order valence-corrected chi connectivity index (χ0v) is 12.4. The van der Waals surface area contributed by atoms with E-state index in [0.29, 0.717) is 0 Å². The number of aryl methyl sites for hydroxylation is 1. The third-order valence-corrected chi connectivity index (χ3v) is 4.70. The Kier molecular flexibility index (Phi) is 4.08. The number of para-hydroxylation sites is 1. The summed E-state index contributed by atoms with van der Waals surface area (Å²) in [6.45, 7) is 6.49. The minimum Gasteiger partial charge on any atom is -0.361 e. The van der Waals surface area contributed by atoms with Gasteiger partial charge in [0.05, 0.1) is 0 Å². The van der Waals surface area contributed by atoms with Crippen molar-refractivity contribution < 1.29 is 0 Å². The highest BCUT2D eigenvalue weighted by atomic mass is 15.1. The summed E-state index contributed by atoms with van der Waals surface area (Å²) in [5.74, 6) is 0.737. The fourth-order valence-electron chi connectivity index (χ4n) is 3.32. The van der Waals surface area contributed by atoms with E-state index in [1.54, 1.807) is 0 Å². The summed E-state index contributed by atoms with van der Waals surface area (Å²) in [7, 11) is 0. The third kappa shape index (κ3) is 2.60. The Balaban J connectivity index is 1.75. The minimum absolute atomic E-state index is 0.737. The molecule has 0 spiro atoms. The van der Waals surface area contributed by atoms with Crippen molar-refractivity contribution in [2.24, 2.45) is 11.7 Å². The Bertz CT molecular complexity index is 565. The molecule has 0 amide bonds. The molecule has 0 bridgehead atoms. The first-order valence-corrected chi connectivity index (χ1v) is 7.82. The fraction of sp³-hybridized carbons (Fsp3) is 0.529. The number of rotatable bonds is 4. The van der Waals surface area contributed by atoms with E-state index < -0.39 is 0 Å². The molecule has 3 heteroatoms. The average molecular weight is 271 g/mol. The molecule has 1 aliphatic rings. The molecular weight excluding hydrogens is 246 g/mol. The van der Waals surface area contributed by atoms with Gasteiger partial charge in [-0.1, -0.05) is 25.1 Å². The van der Waals surface area contributed by atoms with Crippen molar-refractivity contribution in [2.75, 3.05) is 19.6 Å². The van der Waals surface area contributed by atoms with Crippen LogP contribution < -0.4 is 5.73 Å². The number of H-pyrrole nitrogens is 1. The second-order valence-electron chi connectivity index (χ2n) is 5.96. The number of hydrogen-bond acceptors (Lipinski definition) is 2. The van der Waals surface area contributed by atoms with Gasteiger partial charge in [0.15, 0.2) is 0 Å². The number of aromatic nitrogens is 1. The Morgan fingerprint density at radius 2 is 2.05 bits per heavy atom. The largest absolute Gasteiger partial charge is 0.361 e. The molecule has 108 valence electrons. The van der Waals surface area contributed by atoms with Crippen LogP contribution in [0.5, 0.6) is 0 Å². The Labute approximate surface area is 121 Å². The second kappa shape index (κ2) is 5.98. The smallest absolute Gasteiger partial charge is 0.0489 e. The van der Waals surface area contributed by atoms with Gasteiger partial charge in [0, 0.05) is 23.6 Å². The van der Waals surface area contributed by atoms with E-state index >= 15 is 0 Å². The number of nitrogens with zero attached hydrogens (tertiary/aromatic N) is 1. The first-order valence-electron chi connectivity index (χ1n) is 7.82. The van der Waals surface area contributed by atoms with Crippen molar-refractivity contribution in [2.45, 2.75) is 32.7 Å². The van der Waals surface area contributed by atoms with Crippen molar-refractivity contribution in [1.82, 2.24) is 9.88 Å². The molecule has 3 rings (SSSR count). The summed E-state index contributed by atoms with van der Waals surface area (Å²) in [4.78, 5) is 6.03. The monoisotopic (exact) mass is 271 g/mol. The molecule has 2 aromatic rings. The molecule has 3 N–H and O–H groups in total. The summed E-state index contributed by atoms with van der Waals surface area (Å²) in [5.41, 5.74) is 9.93. The predicted octanol–water partition coefficient (Wildman–Crippen LogP) is 2.90. The highest BCUT2D eigenvalue weighted by Gasteiger charge is 2.19. The lowest BCUT2D eigenvalue weighted by Crippen LogP contribution is -2.35. The van der Waals surface area contributed by atoms with Crippen LogP contribution in [0.15, 0.2) is 24.4 Å². The van der Waals surface area contributed by atoms with Crippen LogP contribution in [0.1, 0.15) is 30.9 Å². The average Bonchev–Trinajstić information content (AvgIpc) is 2.91. The Morgan fingerprint density at radius 1 is 1.25 bits per heavy atom. The lowest BCUT2D eigenvalue weighted by Gasteiger charge is -2.31. The van der Waals surface area contributed by atoms with Crippen LogP contribution in [-0.2, 0) is 13.0 Å². The van der Waals surface area contributed by atoms with E-state index in [-0.39, 0.29) is 0 Å². The molecule has 2 heterocycles. The molecule has 0 radical (unpaired) electrons. The summed E-state index contributed by atoms with van der Waals surface area (Å²) >= 11 is 0. The molecule has 0 atom stereocenters. The number of piperidine rings is 1. The molecule has 1 saturated heterocycles. The van der Waals surface area contributed by atoms with E-state index in [1.807, 2.05) is 0 Å². The molecule has 1 aromatic heterocycles. The van der Waals surface area contributed by atoms with Crippen LogP contribution in [0, 0.1) is 5.92 Å². The van der Waals surface area contributed by atoms with Crippen molar-refractivity contribution in [3.05, 3.63) is 35.5 Å². The zero-order chi connectivity index (χ0) is 13.9. The van der Waals surface area contributed by atoms with Gasteiger partial charge < -0.3 is 10.7 Å². The quantitative estimate of drug-likeness (QED) is 0.898. The number of nitrogens with two attached hydrogens (primary N) is 1. The normalized spacial score (nSPS) is 17.9. The van der Waals surface area contributed by atoms with Crippen molar-refractivity contribution in [3.8, 4) is 0 Å². The van der Waals surface area contributed by atoms with Gasteiger partial charge in [-0.3, -0.25) is 4.90 Å². The SMILES string of the molecule is CCc1cccc2c(CN3CCC(CN)CC3)c[nH]c12. The maximum absolute atomic E-state index is 5.77. The van der Waals surface area contributed by atoms with Crippen molar-refractivity contribution in [1.29, 1.82) is 0 Å². The van der Waals surface area contributed by atoms with Gasteiger partial charge in [0.2, 0.25) is 0 Å².